The van der Waals surface area contributed by atoms with Gasteiger partial charge in [-0.15, -0.1) is 0 Å². The minimum absolute atomic E-state index is 0.0267. The highest BCUT2D eigenvalue weighted by Gasteiger charge is 2.18. The van der Waals surface area contributed by atoms with Crippen molar-refractivity contribution in [2.45, 2.75) is 6.92 Å². The van der Waals surface area contributed by atoms with E-state index < -0.39 is 0 Å². The van der Waals surface area contributed by atoms with Crippen molar-refractivity contribution in [3.05, 3.63) is 77.6 Å². The molecule has 1 heterocycles. The van der Waals surface area contributed by atoms with Gasteiger partial charge in [0.15, 0.2) is 5.78 Å². The molecular formula is C18H14O2. The van der Waals surface area contributed by atoms with Gasteiger partial charge in [-0.1, -0.05) is 48.5 Å². The zero-order valence-corrected chi connectivity index (χ0v) is 11.2. The average molecular weight is 262 g/mol. The summed E-state index contributed by atoms with van der Waals surface area (Å²) in [5.74, 6) is 1.35. The Bertz CT molecular complexity index is 709. The summed E-state index contributed by atoms with van der Waals surface area (Å²) in [5, 5.41) is 0. The largest absolute Gasteiger partial charge is 0.456 e. The third-order valence-corrected chi connectivity index (χ3v) is 3.12. The Hall–Kier alpha value is -2.61. The Kier molecular flexibility index (Phi) is 3.21. The van der Waals surface area contributed by atoms with Gasteiger partial charge in [0.2, 0.25) is 0 Å². The molecule has 0 spiro atoms. The summed E-state index contributed by atoms with van der Waals surface area (Å²) in [7, 11) is 0. The molecule has 0 amide bonds. The molecule has 3 rings (SSSR count). The lowest BCUT2D eigenvalue weighted by molar-refractivity contribution is -0.112. The molecule has 1 aliphatic rings. The summed E-state index contributed by atoms with van der Waals surface area (Å²) in [5.41, 5.74) is 2.99. The third kappa shape index (κ3) is 2.41. The Labute approximate surface area is 118 Å². The lowest BCUT2D eigenvalue weighted by Gasteiger charge is -2.20. The number of ether oxygens (including phenoxy) is 1. The van der Waals surface area contributed by atoms with Crippen molar-refractivity contribution in [3.63, 3.8) is 0 Å². The number of fused-ring (bicyclic) bond motifs is 1. The minimum atomic E-state index is -0.0267. The number of para-hydroxylation sites is 1. The zero-order valence-electron chi connectivity index (χ0n) is 11.2. The predicted octanol–water partition coefficient (Wildman–Crippen LogP) is 4.09. The van der Waals surface area contributed by atoms with Crippen LogP contribution in [0.25, 0.3) is 11.6 Å². The number of rotatable bonds is 2. The van der Waals surface area contributed by atoms with E-state index in [0.29, 0.717) is 5.76 Å². The molecular weight excluding hydrogens is 248 g/mol. The number of hydrogen-bond donors (Lipinski definition) is 0. The Morgan fingerprint density at radius 2 is 1.70 bits per heavy atom. The fourth-order valence-electron chi connectivity index (χ4n) is 2.23. The van der Waals surface area contributed by atoms with Crippen molar-refractivity contribution in [3.8, 4) is 5.75 Å². The van der Waals surface area contributed by atoms with Gasteiger partial charge in [0.1, 0.15) is 11.5 Å². The van der Waals surface area contributed by atoms with Crippen LogP contribution in [0.3, 0.4) is 0 Å². The van der Waals surface area contributed by atoms with Crippen LogP contribution in [-0.4, -0.2) is 5.78 Å². The first-order valence-electron chi connectivity index (χ1n) is 6.51. The average Bonchev–Trinajstić information content (AvgIpc) is 2.47. The molecule has 98 valence electrons. The van der Waals surface area contributed by atoms with E-state index in [4.69, 9.17) is 4.74 Å². The summed E-state index contributed by atoms with van der Waals surface area (Å²) in [6.07, 6.45) is 3.59. The highest BCUT2D eigenvalue weighted by Crippen LogP contribution is 2.36. The Balaban J connectivity index is 2.16. The molecule has 1 aliphatic heterocycles. The first kappa shape index (κ1) is 12.4. The number of allylic oxidation sites excluding steroid dienone is 2. The minimum Gasteiger partial charge on any atom is -0.456 e. The quantitative estimate of drug-likeness (QED) is 0.762. The van der Waals surface area contributed by atoms with Crippen molar-refractivity contribution >= 4 is 17.4 Å². The van der Waals surface area contributed by atoms with Gasteiger partial charge in [-0.3, -0.25) is 4.79 Å². The van der Waals surface area contributed by atoms with Gasteiger partial charge in [0, 0.05) is 17.2 Å². The number of ketones is 1. The van der Waals surface area contributed by atoms with Crippen molar-refractivity contribution in [1.29, 1.82) is 0 Å². The van der Waals surface area contributed by atoms with Crippen molar-refractivity contribution in [1.82, 2.24) is 0 Å². The van der Waals surface area contributed by atoms with Crippen LogP contribution in [0.4, 0.5) is 0 Å². The maximum atomic E-state index is 11.4. The smallest absolute Gasteiger partial charge is 0.156 e. The molecule has 0 saturated heterocycles. The lowest BCUT2D eigenvalue weighted by Crippen LogP contribution is -2.06. The van der Waals surface area contributed by atoms with Gasteiger partial charge in [-0.05, 0) is 24.6 Å². The highest BCUT2D eigenvalue weighted by molar-refractivity contribution is 5.98. The summed E-state index contributed by atoms with van der Waals surface area (Å²) >= 11 is 0. The molecule has 20 heavy (non-hydrogen) atoms. The van der Waals surface area contributed by atoms with E-state index in [1.165, 1.54) is 13.0 Å². The second kappa shape index (κ2) is 5.17. The molecule has 0 radical (unpaired) electrons. The molecule has 0 bridgehead atoms. The fourth-order valence-corrected chi connectivity index (χ4v) is 2.23. The molecule has 0 unspecified atom stereocenters. The molecule has 2 aromatic rings. The summed E-state index contributed by atoms with van der Waals surface area (Å²) in [6.45, 7) is 1.53. The van der Waals surface area contributed by atoms with Gasteiger partial charge in [-0.2, -0.15) is 0 Å². The molecule has 0 N–H and O–H groups in total. The van der Waals surface area contributed by atoms with Crippen molar-refractivity contribution in [2.24, 2.45) is 0 Å². The number of benzene rings is 2. The van der Waals surface area contributed by atoms with Gasteiger partial charge in [0.25, 0.3) is 0 Å². The molecule has 2 nitrogen and oxygen atoms in total. The molecule has 0 fully saturated rings. The van der Waals surface area contributed by atoms with Crippen molar-refractivity contribution < 1.29 is 9.53 Å². The van der Waals surface area contributed by atoms with Crippen LogP contribution in [0.15, 0.2) is 66.4 Å². The van der Waals surface area contributed by atoms with Crippen LogP contribution >= 0.6 is 0 Å². The van der Waals surface area contributed by atoms with Crippen LogP contribution in [0.5, 0.6) is 5.75 Å². The first-order chi connectivity index (χ1) is 9.74. The second-order valence-electron chi connectivity index (χ2n) is 4.68. The van der Waals surface area contributed by atoms with E-state index in [9.17, 15) is 4.79 Å². The topological polar surface area (TPSA) is 26.3 Å². The molecule has 0 saturated carbocycles. The van der Waals surface area contributed by atoms with E-state index in [1.807, 2.05) is 54.6 Å². The molecule has 2 heteroatoms. The summed E-state index contributed by atoms with van der Waals surface area (Å²) in [4.78, 5) is 11.4. The van der Waals surface area contributed by atoms with E-state index in [2.05, 4.69) is 6.08 Å². The van der Waals surface area contributed by atoms with Gasteiger partial charge >= 0.3 is 0 Å². The Morgan fingerprint density at radius 1 is 1.00 bits per heavy atom. The maximum Gasteiger partial charge on any atom is 0.156 e. The van der Waals surface area contributed by atoms with Crippen LogP contribution in [0.1, 0.15) is 18.1 Å². The normalized spacial score (nSPS) is 15.2. The van der Waals surface area contributed by atoms with Gasteiger partial charge < -0.3 is 4.74 Å². The molecule has 0 aromatic heterocycles. The van der Waals surface area contributed by atoms with E-state index >= 15 is 0 Å². The zero-order chi connectivity index (χ0) is 13.9. The predicted molar refractivity (Wildman–Crippen MR) is 80.1 cm³/mol. The third-order valence-electron chi connectivity index (χ3n) is 3.12. The number of hydrogen-bond acceptors (Lipinski definition) is 2. The van der Waals surface area contributed by atoms with Crippen LogP contribution in [0, 0.1) is 0 Å². The standard InChI is InChI=1S/C18H14O2/c1-13(19)11-18-16(14-7-3-2-4-8-14)12-15-9-5-6-10-17(15)20-18/h2-12H,1H3/b18-11-. The highest BCUT2D eigenvalue weighted by atomic mass is 16.5. The summed E-state index contributed by atoms with van der Waals surface area (Å²) < 4.78 is 5.88. The number of carbonyl (C=O) groups is 1. The maximum absolute atomic E-state index is 11.4. The Morgan fingerprint density at radius 3 is 2.45 bits per heavy atom. The van der Waals surface area contributed by atoms with E-state index in [-0.39, 0.29) is 5.78 Å². The second-order valence-corrected chi connectivity index (χ2v) is 4.68. The lowest BCUT2D eigenvalue weighted by atomic mass is 9.98. The first-order valence-corrected chi connectivity index (χ1v) is 6.51. The fraction of sp³-hybridized carbons (Fsp3) is 0.0556. The van der Waals surface area contributed by atoms with Gasteiger partial charge in [0.05, 0.1) is 0 Å². The number of carbonyl (C=O) groups excluding carboxylic acids is 1. The molecule has 0 atom stereocenters. The monoisotopic (exact) mass is 262 g/mol. The van der Waals surface area contributed by atoms with Crippen LogP contribution in [-0.2, 0) is 4.79 Å². The molecule has 0 aliphatic carbocycles. The SMILES string of the molecule is CC(=O)/C=C1\Oc2ccccc2C=C1c1ccccc1. The molecule has 2 aromatic carbocycles. The van der Waals surface area contributed by atoms with Crippen LogP contribution in [0.2, 0.25) is 0 Å². The summed E-state index contributed by atoms with van der Waals surface area (Å²) in [6, 6.07) is 17.7. The van der Waals surface area contributed by atoms with Crippen molar-refractivity contribution in [2.75, 3.05) is 0 Å². The van der Waals surface area contributed by atoms with E-state index in [0.717, 1.165) is 22.4 Å². The van der Waals surface area contributed by atoms with E-state index in [1.54, 1.807) is 0 Å². The van der Waals surface area contributed by atoms with Crippen LogP contribution < -0.4 is 4.74 Å². The van der Waals surface area contributed by atoms with Gasteiger partial charge in [-0.25, -0.2) is 0 Å².